The van der Waals surface area contributed by atoms with Crippen molar-refractivity contribution < 1.29 is 9.84 Å². The van der Waals surface area contributed by atoms with E-state index in [2.05, 4.69) is 15.3 Å². The molecule has 1 heterocycles. The Balaban J connectivity index is 1.98. The van der Waals surface area contributed by atoms with Crippen LogP contribution in [0.25, 0.3) is 10.9 Å². The largest absolute Gasteiger partial charge is 0.399 e. The van der Waals surface area contributed by atoms with E-state index in [0.29, 0.717) is 42.3 Å². The number of hydrogen-bond donors (Lipinski definition) is 4. The Morgan fingerprint density at radius 3 is 3.05 bits per heavy atom. The second-order valence-corrected chi connectivity index (χ2v) is 4.31. The molecule has 2 aromatic rings. The minimum Gasteiger partial charge on any atom is -0.399 e. The highest BCUT2D eigenvalue weighted by molar-refractivity contribution is 5.81. The van der Waals surface area contributed by atoms with E-state index in [9.17, 15) is 4.79 Å². The molecule has 2 rings (SSSR count). The van der Waals surface area contributed by atoms with E-state index in [-0.39, 0.29) is 12.2 Å². The van der Waals surface area contributed by atoms with Gasteiger partial charge in [-0.15, -0.1) is 0 Å². The highest BCUT2D eigenvalue weighted by Gasteiger charge is 2.03. The number of nitrogen functional groups attached to an aromatic ring is 1. The maximum Gasteiger partial charge on any atom is 0.260 e. The molecule has 7 heteroatoms. The number of rotatable bonds is 7. The predicted octanol–water partition coefficient (Wildman–Crippen LogP) is 0.316. The molecule has 1 aromatic carbocycles. The first-order valence-electron chi connectivity index (χ1n) is 6.43. The number of nitrogens with two attached hydrogens (primary N) is 1. The van der Waals surface area contributed by atoms with E-state index in [4.69, 9.17) is 15.6 Å². The quantitative estimate of drug-likeness (QED) is 0.428. The first-order chi connectivity index (χ1) is 9.70. The van der Waals surface area contributed by atoms with Gasteiger partial charge in [0.05, 0.1) is 24.1 Å². The molecular weight excluding hydrogens is 260 g/mol. The fraction of sp³-hybridized carbons (Fsp3) is 0.385. The molecular formula is C13H18N4O3. The van der Waals surface area contributed by atoms with Gasteiger partial charge in [0.2, 0.25) is 5.95 Å². The van der Waals surface area contributed by atoms with Crippen LogP contribution in [0.4, 0.5) is 11.6 Å². The van der Waals surface area contributed by atoms with Gasteiger partial charge in [0.15, 0.2) is 0 Å². The van der Waals surface area contributed by atoms with Gasteiger partial charge >= 0.3 is 0 Å². The molecule has 0 amide bonds. The third kappa shape index (κ3) is 3.69. The molecule has 0 unspecified atom stereocenters. The minimum absolute atomic E-state index is 0.0239. The van der Waals surface area contributed by atoms with Gasteiger partial charge in [-0.25, -0.2) is 4.98 Å². The average Bonchev–Trinajstić information content (AvgIpc) is 2.43. The van der Waals surface area contributed by atoms with Gasteiger partial charge in [0.25, 0.3) is 5.56 Å². The summed E-state index contributed by atoms with van der Waals surface area (Å²) in [6.07, 6.45) is 0.753. The standard InChI is InChI=1S/C13H18N4O3/c14-9-2-3-11-10(8-9)12(19)17-13(16-11)15-4-1-6-20-7-5-18/h2-3,8,18H,1,4-7,14H2,(H2,15,16,17,19). The Labute approximate surface area is 115 Å². The molecule has 7 nitrogen and oxygen atoms in total. The van der Waals surface area contributed by atoms with Gasteiger partial charge in [-0.05, 0) is 24.6 Å². The van der Waals surface area contributed by atoms with Crippen LogP contribution in [-0.2, 0) is 4.74 Å². The smallest absolute Gasteiger partial charge is 0.260 e. The Hall–Kier alpha value is -2.12. The lowest BCUT2D eigenvalue weighted by atomic mass is 10.2. The Morgan fingerprint density at radius 2 is 2.25 bits per heavy atom. The Morgan fingerprint density at radius 1 is 1.40 bits per heavy atom. The zero-order valence-electron chi connectivity index (χ0n) is 11.1. The third-order valence-corrected chi connectivity index (χ3v) is 2.72. The van der Waals surface area contributed by atoms with Gasteiger partial charge in [-0.1, -0.05) is 0 Å². The number of aromatic nitrogens is 2. The van der Waals surface area contributed by atoms with Crippen molar-refractivity contribution in [2.75, 3.05) is 37.4 Å². The van der Waals surface area contributed by atoms with Crippen LogP contribution in [0.3, 0.4) is 0 Å². The number of aliphatic hydroxyl groups is 1. The number of H-pyrrole nitrogens is 1. The molecule has 5 N–H and O–H groups in total. The molecule has 0 saturated carbocycles. The zero-order chi connectivity index (χ0) is 14.4. The SMILES string of the molecule is Nc1ccc2nc(NCCCOCCO)[nH]c(=O)c2c1. The summed E-state index contributed by atoms with van der Waals surface area (Å²) in [7, 11) is 0. The molecule has 0 spiro atoms. The second kappa shape index (κ2) is 6.88. The number of aromatic amines is 1. The van der Waals surface area contributed by atoms with Crippen LogP contribution >= 0.6 is 0 Å². The van der Waals surface area contributed by atoms with Crippen molar-refractivity contribution >= 4 is 22.5 Å². The maximum absolute atomic E-state index is 11.9. The van der Waals surface area contributed by atoms with E-state index in [1.54, 1.807) is 18.2 Å². The normalized spacial score (nSPS) is 10.8. The molecule has 0 aliphatic heterocycles. The number of nitrogens with zero attached hydrogens (tertiary/aromatic N) is 1. The van der Waals surface area contributed by atoms with Crippen LogP contribution in [0.2, 0.25) is 0 Å². The fourth-order valence-electron chi connectivity index (χ4n) is 1.79. The summed E-state index contributed by atoms with van der Waals surface area (Å²) >= 11 is 0. The highest BCUT2D eigenvalue weighted by Crippen LogP contribution is 2.12. The van der Waals surface area contributed by atoms with Gasteiger partial charge in [0, 0.05) is 18.8 Å². The summed E-state index contributed by atoms with van der Waals surface area (Å²) in [6, 6.07) is 5.03. The zero-order valence-corrected chi connectivity index (χ0v) is 11.1. The molecule has 0 fully saturated rings. The van der Waals surface area contributed by atoms with Crippen molar-refractivity contribution in [3.05, 3.63) is 28.6 Å². The topological polar surface area (TPSA) is 113 Å². The fourth-order valence-corrected chi connectivity index (χ4v) is 1.79. The second-order valence-electron chi connectivity index (χ2n) is 4.31. The first-order valence-corrected chi connectivity index (χ1v) is 6.43. The monoisotopic (exact) mass is 278 g/mol. The van der Waals surface area contributed by atoms with Gasteiger partial charge in [0.1, 0.15) is 0 Å². The van der Waals surface area contributed by atoms with E-state index >= 15 is 0 Å². The average molecular weight is 278 g/mol. The van der Waals surface area contributed by atoms with Gasteiger partial charge < -0.3 is 20.9 Å². The molecule has 20 heavy (non-hydrogen) atoms. The van der Waals surface area contributed by atoms with Crippen molar-refractivity contribution in [3.8, 4) is 0 Å². The van der Waals surface area contributed by atoms with Crippen LogP contribution in [0.5, 0.6) is 0 Å². The lowest BCUT2D eigenvalue weighted by molar-refractivity contribution is 0.0921. The van der Waals surface area contributed by atoms with Crippen LogP contribution in [-0.4, -0.2) is 41.4 Å². The molecule has 108 valence electrons. The van der Waals surface area contributed by atoms with Gasteiger partial charge in [-0.2, -0.15) is 0 Å². The summed E-state index contributed by atoms with van der Waals surface area (Å²) in [6.45, 7) is 1.53. The molecule has 0 saturated heterocycles. The predicted molar refractivity (Wildman–Crippen MR) is 77.8 cm³/mol. The lowest BCUT2D eigenvalue weighted by Gasteiger charge is -2.07. The third-order valence-electron chi connectivity index (χ3n) is 2.72. The minimum atomic E-state index is -0.221. The van der Waals surface area contributed by atoms with E-state index in [0.717, 1.165) is 6.42 Å². The molecule has 0 aliphatic carbocycles. The van der Waals surface area contributed by atoms with Crippen molar-refractivity contribution in [1.29, 1.82) is 0 Å². The van der Waals surface area contributed by atoms with E-state index in [1.165, 1.54) is 0 Å². The highest BCUT2D eigenvalue weighted by atomic mass is 16.5. The molecule has 0 aliphatic rings. The number of ether oxygens (including phenoxy) is 1. The first kappa shape index (κ1) is 14.3. The number of nitrogens with one attached hydrogen (secondary N) is 2. The lowest BCUT2D eigenvalue weighted by Crippen LogP contribution is -2.15. The molecule has 0 bridgehead atoms. The van der Waals surface area contributed by atoms with E-state index < -0.39 is 0 Å². The Bertz CT molecular complexity index is 627. The van der Waals surface area contributed by atoms with Crippen LogP contribution in [0.1, 0.15) is 6.42 Å². The molecule has 0 atom stereocenters. The van der Waals surface area contributed by atoms with Crippen molar-refractivity contribution in [3.63, 3.8) is 0 Å². The summed E-state index contributed by atoms with van der Waals surface area (Å²) in [5.74, 6) is 0.425. The van der Waals surface area contributed by atoms with Crippen LogP contribution in [0.15, 0.2) is 23.0 Å². The number of hydrogen-bond acceptors (Lipinski definition) is 6. The van der Waals surface area contributed by atoms with E-state index in [1.807, 2.05) is 0 Å². The van der Waals surface area contributed by atoms with Crippen LogP contribution in [0, 0.1) is 0 Å². The van der Waals surface area contributed by atoms with Crippen molar-refractivity contribution in [1.82, 2.24) is 9.97 Å². The Kier molecular flexibility index (Phi) is 4.91. The number of fused-ring (bicyclic) bond motifs is 1. The number of benzene rings is 1. The maximum atomic E-state index is 11.9. The summed E-state index contributed by atoms with van der Waals surface area (Å²) in [4.78, 5) is 18.9. The summed E-state index contributed by atoms with van der Waals surface area (Å²) < 4.78 is 5.13. The summed E-state index contributed by atoms with van der Waals surface area (Å²) in [5, 5.41) is 12.1. The summed E-state index contributed by atoms with van der Waals surface area (Å²) in [5.41, 5.74) is 6.55. The van der Waals surface area contributed by atoms with Crippen molar-refractivity contribution in [2.45, 2.75) is 6.42 Å². The van der Waals surface area contributed by atoms with Gasteiger partial charge in [-0.3, -0.25) is 9.78 Å². The number of anilines is 2. The molecule has 0 radical (unpaired) electrons. The number of aliphatic hydroxyl groups excluding tert-OH is 1. The van der Waals surface area contributed by atoms with Crippen LogP contribution < -0.4 is 16.6 Å². The molecule has 1 aromatic heterocycles. The van der Waals surface area contributed by atoms with Crippen molar-refractivity contribution in [2.24, 2.45) is 0 Å².